The summed E-state index contributed by atoms with van der Waals surface area (Å²) in [4.78, 5) is 27.7. The summed E-state index contributed by atoms with van der Waals surface area (Å²) in [6.07, 6.45) is 0. The Labute approximate surface area is 169 Å². The van der Waals surface area contributed by atoms with Crippen LogP contribution in [0, 0.1) is 6.92 Å². The van der Waals surface area contributed by atoms with Gasteiger partial charge in [0.2, 0.25) is 16.9 Å². The van der Waals surface area contributed by atoms with Crippen LogP contribution >= 0.6 is 34.7 Å². The summed E-state index contributed by atoms with van der Waals surface area (Å²) in [5.41, 5.74) is 0. The van der Waals surface area contributed by atoms with Gasteiger partial charge < -0.3 is 19.6 Å². The highest BCUT2D eigenvalue weighted by Gasteiger charge is 2.25. The van der Waals surface area contributed by atoms with Crippen molar-refractivity contribution in [1.29, 1.82) is 0 Å². The van der Waals surface area contributed by atoms with Crippen molar-refractivity contribution in [3.05, 3.63) is 11.8 Å². The zero-order chi connectivity index (χ0) is 19.4. The highest BCUT2D eigenvalue weighted by Crippen LogP contribution is 2.28. The van der Waals surface area contributed by atoms with Gasteiger partial charge in [0.15, 0.2) is 10.2 Å². The maximum absolute atomic E-state index is 11.9. The smallest absolute Gasteiger partial charge is 0.240 e. The van der Waals surface area contributed by atoms with E-state index in [0.717, 1.165) is 5.13 Å². The Morgan fingerprint density at radius 1 is 1.37 bits per heavy atom. The third kappa shape index (κ3) is 5.33. The molecule has 0 spiro atoms. The minimum absolute atomic E-state index is 0.0434. The number of thioether (sulfide) groups is 1. The first-order valence-corrected chi connectivity index (χ1v) is 10.5. The largest absolute Gasteiger partial charge is 0.360 e. The second-order valence-electron chi connectivity index (χ2n) is 5.94. The molecule has 1 atom stereocenters. The first-order valence-electron chi connectivity index (χ1n) is 8.29. The van der Waals surface area contributed by atoms with Crippen LogP contribution in [-0.2, 0) is 9.59 Å². The van der Waals surface area contributed by atoms with E-state index >= 15 is 0 Å². The molecular formula is C15H19ClN6O3S2. The number of nitrogens with one attached hydrogen (secondary N) is 1. The van der Waals surface area contributed by atoms with Crippen molar-refractivity contribution in [1.82, 2.24) is 20.3 Å². The van der Waals surface area contributed by atoms with E-state index in [4.69, 9.17) is 16.1 Å². The zero-order valence-electron chi connectivity index (χ0n) is 14.8. The summed E-state index contributed by atoms with van der Waals surface area (Å²) in [7, 11) is 0. The number of nitrogens with zero attached hydrogens (tertiary/aromatic N) is 5. The third-order valence-corrected chi connectivity index (χ3v) is 6.12. The minimum Gasteiger partial charge on any atom is -0.360 e. The van der Waals surface area contributed by atoms with Crippen LogP contribution in [-0.4, -0.2) is 69.4 Å². The number of piperazine rings is 1. The van der Waals surface area contributed by atoms with E-state index in [9.17, 15) is 9.59 Å². The molecule has 3 heterocycles. The number of halogens is 1. The van der Waals surface area contributed by atoms with E-state index in [-0.39, 0.29) is 17.6 Å². The highest BCUT2D eigenvalue weighted by molar-refractivity contribution is 8.01. The van der Waals surface area contributed by atoms with Gasteiger partial charge in [0, 0.05) is 32.2 Å². The highest BCUT2D eigenvalue weighted by atomic mass is 35.5. The van der Waals surface area contributed by atoms with Gasteiger partial charge >= 0.3 is 0 Å². The van der Waals surface area contributed by atoms with Crippen LogP contribution in [0.5, 0.6) is 0 Å². The van der Waals surface area contributed by atoms with E-state index in [1.807, 2.05) is 0 Å². The van der Waals surface area contributed by atoms with E-state index < -0.39 is 5.38 Å². The number of aromatic nitrogens is 3. The summed E-state index contributed by atoms with van der Waals surface area (Å²) < 4.78 is 5.62. The average molecular weight is 431 g/mol. The Bertz CT molecular complexity index is 803. The van der Waals surface area contributed by atoms with Crippen molar-refractivity contribution in [2.45, 2.75) is 23.6 Å². The van der Waals surface area contributed by atoms with Gasteiger partial charge in [0.05, 0.1) is 5.75 Å². The Morgan fingerprint density at radius 2 is 2.11 bits per heavy atom. The fraction of sp³-hybridized carbons (Fsp3) is 0.533. The van der Waals surface area contributed by atoms with E-state index in [2.05, 4.69) is 25.6 Å². The van der Waals surface area contributed by atoms with Crippen LogP contribution in [0.1, 0.15) is 12.7 Å². The van der Waals surface area contributed by atoms with Gasteiger partial charge in [-0.15, -0.1) is 21.8 Å². The fourth-order valence-electron chi connectivity index (χ4n) is 2.49. The van der Waals surface area contributed by atoms with Crippen molar-refractivity contribution < 1.29 is 14.1 Å². The summed E-state index contributed by atoms with van der Waals surface area (Å²) in [5.74, 6) is 1.01. The number of hydrogen-bond donors (Lipinski definition) is 1. The van der Waals surface area contributed by atoms with Crippen LogP contribution in [0.2, 0.25) is 0 Å². The molecule has 0 aromatic carbocycles. The van der Waals surface area contributed by atoms with Crippen LogP contribution in [0.25, 0.3) is 0 Å². The molecule has 0 radical (unpaired) electrons. The number of alkyl halides is 1. The molecule has 146 valence electrons. The van der Waals surface area contributed by atoms with Crippen molar-refractivity contribution in [3.63, 3.8) is 0 Å². The average Bonchev–Trinajstić information content (AvgIpc) is 3.28. The van der Waals surface area contributed by atoms with Gasteiger partial charge in [-0.3, -0.25) is 9.59 Å². The molecule has 27 heavy (non-hydrogen) atoms. The normalized spacial score (nSPS) is 15.7. The minimum atomic E-state index is -0.506. The Balaban J connectivity index is 1.46. The molecule has 0 aliphatic carbocycles. The predicted molar refractivity (Wildman–Crippen MR) is 105 cm³/mol. The number of amides is 2. The maximum Gasteiger partial charge on any atom is 0.240 e. The van der Waals surface area contributed by atoms with Crippen LogP contribution in [0.3, 0.4) is 0 Å². The molecule has 2 aromatic heterocycles. The predicted octanol–water partition coefficient (Wildman–Crippen LogP) is 1.84. The molecule has 9 nitrogen and oxygen atoms in total. The van der Waals surface area contributed by atoms with Gasteiger partial charge in [0.25, 0.3) is 0 Å². The van der Waals surface area contributed by atoms with Crippen molar-refractivity contribution in [2.24, 2.45) is 0 Å². The SMILES string of the molecule is Cc1cc(NC(=O)CSc2nnc(N3CCN(C(=O)C(C)Cl)CC3)s2)no1. The monoisotopic (exact) mass is 430 g/mol. The first-order chi connectivity index (χ1) is 12.9. The lowest BCUT2D eigenvalue weighted by molar-refractivity contribution is -0.130. The van der Waals surface area contributed by atoms with Crippen molar-refractivity contribution in [2.75, 3.05) is 42.1 Å². The number of anilines is 2. The number of rotatable bonds is 6. The summed E-state index contributed by atoms with van der Waals surface area (Å²) in [6.45, 7) is 6.02. The molecule has 0 bridgehead atoms. The first kappa shape index (κ1) is 19.9. The van der Waals surface area contributed by atoms with Crippen LogP contribution in [0.4, 0.5) is 10.9 Å². The maximum atomic E-state index is 11.9. The topological polar surface area (TPSA) is 104 Å². The molecule has 1 N–H and O–H groups in total. The molecule has 12 heteroatoms. The second-order valence-corrected chi connectivity index (χ2v) is 8.77. The standard InChI is InChI=1S/C15H19ClN6O3S2/c1-9-7-11(20-25-9)17-12(23)8-26-15-19-18-14(27-15)22-5-3-21(4-6-22)13(24)10(2)16/h7,10H,3-6,8H2,1-2H3,(H,17,20,23). The van der Waals surface area contributed by atoms with Gasteiger partial charge in [-0.2, -0.15) is 0 Å². The van der Waals surface area contributed by atoms with Crippen LogP contribution < -0.4 is 10.2 Å². The number of carbonyl (C=O) groups excluding carboxylic acids is 2. The molecule has 1 aliphatic heterocycles. The quantitative estimate of drug-likeness (QED) is 0.546. The molecule has 1 fully saturated rings. The van der Waals surface area contributed by atoms with E-state index in [1.165, 1.54) is 23.1 Å². The van der Waals surface area contributed by atoms with Crippen molar-refractivity contribution >= 4 is 57.5 Å². The third-order valence-electron chi connectivity index (χ3n) is 3.82. The molecule has 2 aromatic rings. The molecule has 1 unspecified atom stereocenters. The fourth-order valence-corrected chi connectivity index (χ4v) is 4.32. The molecule has 1 aliphatic rings. The molecule has 0 saturated carbocycles. The molecule has 2 amide bonds. The van der Waals surface area contributed by atoms with Gasteiger partial charge in [-0.25, -0.2) is 0 Å². The van der Waals surface area contributed by atoms with E-state index in [0.29, 0.717) is 42.1 Å². The zero-order valence-corrected chi connectivity index (χ0v) is 17.2. The number of aryl methyl sites for hydroxylation is 1. The summed E-state index contributed by atoms with van der Waals surface area (Å²) in [5, 5.41) is 15.0. The lowest BCUT2D eigenvalue weighted by atomic mass is 10.3. The molecule has 1 saturated heterocycles. The summed E-state index contributed by atoms with van der Waals surface area (Å²) >= 11 is 8.61. The Hall–Kier alpha value is -1.85. The van der Waals surface area contributed by atoms with Gasteiger partial charge in [-0.1, -0.05) is 28.3 Å². The lowest BCUT2D eigenvalue weighted by Gasteiger charge is -2.34. The Morgan fingerprint density at radius 3 is 2.74 bits per heavy atom. The molecule has 3 rings (SSSR count). The van der Waals surface area contributed by atoms with Crippen LogP contribution in [0.15, 0.2) is 14.9 Å². The van der Waals surface area contributed by atoms with Gasteiger partial charge in [-0.05, 0) is 13.8 Å². The summed E-state index contributed by atoms with van der Waals surface area (Å²) in [6, 6.07) is 1.65. The number of hydrogen-bond acceptors (Lipinski definition) is 9. The number of carbonyl (C=O) groups is 2. The Kier molecular flexibility index (Phi) is 6.55. The van der Waals surface area contributed by atoms with E-state index in [1.54, 1.807) is 24.8 Å². The lowest BCUT2D eigenvalue weighted by Crippen LogP contribution is -2.50. The molecular weight excluding hydrogens is 412 g/mol. The van der Waals surface area contributed by atoms with Crippen molar-refractivity contribution in [3.8, 4) is 0 Å². The van der Waals surface area contributed by atoms with Gasteiger partial charge in [0.1, 0.15) is 11.1 Å². The second kappa shape index (κ2) is 8.89.